The van der Waals surface area contributed by atoms with E-state index in [9.17, 15) is 9.90 Å². The zero-order valence-electron chi connectivity index (χ0n) is 17.8. The topological polar surface area (TPSA) is 74.2 Å². The summed E-state index contributed by atoms with van der Waals surface area (Å²) < 4.78 is 0. The molecule has 31 heavy (non-hydrogen) atoms. The minimum absolute atomic E-state index is 0.213. The van der Waals surface area contributed by atoms with Crippen molar-refractivity contribution in [2.24, 2.45) is 5.92 Å². The molecule has 0 aliphatic carbocycles. The smallest absolute Gasteiger partial charge is 0.310 e. The summed E-state index contributed by atoms with van der Waals surface area (Å²) in [7, 11) is 0. The van der Waals surface area contributed by atoms with Crippen molar-refractivity contribution in [2.45, 2.75) is 31.7 Å². The molecule has 0 unspecified atom stereocenters. The van der Waals surface area contributed by atoms with Crippen molar-refractivity contribution in [3.05, 3.63) is 95.3 Å². The molecule has 0 saturated carbocycles. The van der Waals surface area contributed by atoms with Crippen LogP contribution in [-0.2, 0) is 17.6 Å². The van der Waals surface area contributed by atoms with E-state index in [-0.39, 0.29) is 6.04 Å². The summed E-state index contributed by atoms with van der Waals surface area (Å²) >= 11 is 0. The summed E-state index contributed by atoms with van der Waals surface area (Å²) in [4.78, 5) is 15.9. The van der Waals surface area contributed by atoms with Crippen molar-refractivity contribution >= 4 is 11.7 Å². The predicted octanol–water partition coefficient (Wildman–Crippen LogP) is 4.43. The molecule has 0 saturated heterocycles. The molecular formula is C26H29N3O2. The Balaban J connectivity index is 1.46. The van der Waals surface area contributed by atoms with E-state index in [4.69, 9.17) is 0 Å². The number of hydrogen-bond donors (Lipinski definition) is 3. The number of carbonyl (C=O) groups is 1. The molecule has 5 nitrogen and oxygen atoms in total. The van der Waals surface area contributed by atoms with Crippen LogP contribution in [0.2, 0.25) is 0 Å². The van der Waals surface area contributed by atoms with E-state index in [0.29, 0.717) is 5.92 Å². The number of rotatable bonds is 8. The average Bonchev–Trinajstić information content (AvgIpc) is 2.82. The number of nitrogens with zero attached hydrogens (tertiary/aromatic N) is 1. The molecule has 1 aromatic heterocycles. The molecule has 0 fully saturated rings. The van der Waals surface area contributed by atoms with Crippen molar-refractivity contribution in [2.75, 3.05) is 18.4 Å². The number of pyridine rings is 1. The van der Waals surface area contributed by atoms with Gasteiger partial charge in [-0.25, -0.2) is 0 Å². The first-order valence-electron chi connectivity index (χ1n) is 10.9. The summed E-state index contributed by atoms with van der Waals surface area (Å²) in [5.74, 6) is -0.896. The Morgan fingerprint density at radius 1 is 1.13 bits per heavy atom. The Morgan fingerprint density at radius 2 is 1.94 bits per heavy atom. The zero-order valence-corrected chi connectivity index (χ0v) is 17.8. The van der Waals surface area contributed by atoms with Crippen LogP contribution in [0.1, 0.15) is 41.3 Å². The van der Waals surface area contributed by atoms with Gasteiger partial charge in [-0.3, -0.25) is 9.78 Å². The maximum atomic E-state index is 11.3. The van der Waals surface area contributed by atoms with E-state index in [0.717, 1.165) is 48.4 Å². The van der Waals surface area contributed by atoms with Crippen LogP contribution < -0.4 is 10.6 Å². The van der Waals surface area contributed by atoms with Gasteiger partial charge in [0.2, 0.25) is 0 Å². The summed E-state index contributed by atoms with van der Waals surface area (Å²) in [6, 6.07) is 22.8. The Kier molecular flexibility index (Phi) is 6.63. The second-order valence-electron chi connectivity index (χ2n) is 8.24. The summed E-state index contributed by atoms with van der Waals surface area (Å²) in [6.45, 7) is 3.44. The number of benzene rings is 2. The third-order valence-electron chi connectivity index (χ3n) is 6.13. The third-order valence-corrected chi connectivity index (χ3v) is 6.13. The quantitative estimate of drug-likeness (QED) is 0.508. The van der Waals surface area contributed by atoms with Crippen LogP contribution in [0.3, 0.4) is 0 Å². The highest BCUT2D eigenvalue weighted by molar-refractivity contribution is 5.75. The standard InChI is InChI=1S/C26H29N3O2/c1-18(26(30)31)21-10-5-7-19(15-21)12-14-28-25(20-8-3-2-4-9-20)22-16-24-23(29-17-22)11-6-13-27-24/h2-11,13,15,18,22,25,28-29H,12,14,16-17H2,1H3,(H,30,31)/t18-,22-,25-/m1/s1. The normalized spacial score (nSPS) is 17.3. The van der Waals surface area contributed by atoms with Crippen LogP contribution in [0.4, 0.5) is 5.69 Å². The van der Waals surface area contributed by atoms with Gasteiger partial charge in [-0.2, -0.15) is 0 Å². The Bertz CT molecular complexity index is 1020. The molecule has 0 bridgehead atoms. The first-order valence-corrected chi connectivity index (χ1v) is 10.9. The predicted molar refractivity (Wildman–Crippen MR) is 123 cm³/mol. The average molecular weight is 416 g/mol. The molecule has 3 atom stereocenters. The Hall–Kier alpha value is -3.18. The summed E-state index contributed by atoms with van der Waals surface area (Å²) in [6.07, 6.45) is 3.64. The molecule has 2 heterocycles. The monoisotopic (exact) mass is 415 g/mol. The van der Waals surface area contributed by atoms with Crippen LogP contribution in [0, 0.1) is 5.92 Å². The van der Waals surface area contributed by atoms with E-state index in [1.165, 1.54) is 5.56 Å². The molecule has 0 radical (unpaired) electrons. The van der Waals surface area contributed by atoms with Gasteiger partial charge in [0.05, 0.1) is 17.3 Å². The molecule has 3 N–H and O–H groups in total. The van der Waals surface area contributed by atoms with Crippen molar-refractivity contribution < 1.29 is 9.90 Å². The first-order chi connectivity index (χ1) is 15.1. The van der Waals surface area contributed by atoms with Crippen LogP contribution in [0.25, 0.3) is 0 Å². The molecule has 160 valence electrons. The van der Waals surface area contributed by atoms with Gasteiger partial charge in [0.15, 0.2) is 0 Å². The van der Waals surface area contributed by atoms with Gasteiger partial charge in [0, 0.05) is 24.7 Å². The lowest BCUT2D eigenvalue weighted by atomic mass is 9.86. The minimum Gasteiger partial charge on any atom is -0.481 e. The molecule has 3 aromatic rings. The molecule has 2 aromatic carbocycles. The number of carboxylic acid groups (broad SMARTS) is 1. The highest BCUT2D eigenvalue weighted by Crippen LogP contribution is 2.31. The van der Waals surface area contributed by atoms with E-state index < -0.39 is 11.9 Å². The number of anilines is 1. The van der Waals surface area contributed by atoms with Gasteiger partial charge in [-0.05, 0) is 55.1 Å². The number of carboxylic acids is 1. The van der Waals surface area contributed by atoms with E-state index >= 15 is 0 Å². The minimum atomic E-state index is -0.793. The van der Waals surface area contributed by atoms with Gasteiger partial charge in [0.1, 0.15) is 0 Å². The van der Waals surface area contributed by atoms with Gasteiger partial charge in [0.25, 0.3) is 0 Å². The number of hydrogen-bond acceptors (Lipinski definition) is 4. The summed E-state index contributed by atoms with van der Waals surface area (Å²) in [5, 5.41) is 16.6. The van der Waals surface area contributed by atoms with Crippen LogP contribution in [0.15, 0.2) is 72.9 Å². The van der Waals surface area contributed by atoms with Gasteiger partial charge in [-0.15, -0.1) is 0 Å². The maximum Gasteiger partial charge on any atom is 0.310 e. The Morgan fingerprint density at radius 3 is 2.74 bits per heavy atom. The molecule has 5 heteroatoms. The second-order valence-corrected chi connectivity index (χ2v) is 8.24. The third kappa shape index (κ3) is 5.12. The molecule has 4 rings (SSSR count). The van der Waals surface area contributed by atoms with Crippen molar-refractivity contribution in [1.29, 1.82) is 0 Å². The van der Waals surface area contributed by atoms with Gasteiger partial charge >= 0.3 is 5.97 Å². The number of fused-ring (bicyclic) bond motifs is 1. The molecular weight excluding hydrogens is 386 g/mol. The highest BCUT2D eigenvalue weighted by Gasteiger charge is 2.27. The number of aliphatic carboxylic acids is 1. The molecule has 1 aliphatic rings. The number of aromatic nitrogens is 1. The largest absolute Gasteiger partial charge is 0.481 e. The number of nitrogens with one attached hydrogen (secondary N) is 2. The molecule has 1 aliphatic heterocycles. The van der Waals surface area contributed by atoms with E-state index in [2.05, 4.69) is 52.0 Å². The fourth-order valence-corrected chi connectivity index (χ4v) is 4.31. The van der Waals surface area contributed by atoms with Crippen molar-refractivity contribution in [3.8, 4) is 0 Å². The lowest BCUT2D eigenvalue weighted by molar-refractivity contribution is -0.138. The van der Waals surface area contributed by atoms with Crippen LogP contribution in [-0.4, -0.2) is 29.1 Å². The van der Waals surface area contributed by atoms with Gasteiger partial charge in [-0.1, -0.05) is 54.6 Å². The van der Waals surface area contributed by atoms with Crippen LogP contribution >= 0.6 is 0 Å². The second kappa shape index (κ2) is 9.75. The first kappa shape index (κ1) is 21.1. The SMILES string of the molecule is C[C@@H](C(=O)O)c1cccc(CCN[C@H](c2ccccc2)[C@H]2CNc3cccnc3C2)c1. The van der Waals surface area contributed by atoms with Crippen molar-refractivity contribution in [1.82, 2.24) is 10.3 Å². The fraction of sp³-hybridized carbons (Fsp3) is 0.308. The fourth-order valence-electron chi connectivity index (χ4n) is 4.31. The highest BCUT2D eigenvalue weighted by atomic mass is 16.4. The van der Waals surface area contributed by atoms with E-state index in [1.807, 2.05) is 36.5 Å². The van der Waals surface area contributed by atoms with Crippen LogP contribution in [0.5, 0.6) is 0 Å². The van der Waals surface area contributed by atoms with E-state index in [1.54, 1.807) is 6.92 Å². The lowest BCUT2D eigenvalue weighted by Gasteiger charge is -2.33. The summed E-state index contributed by atoms with van der Waals surface area (Å²) in [5.41, 5.74) is 5.54. The lowest BCUT2D eigenvalue weighted by Crippen LogP contribution is -2.37. The molecule has 0 amide bonds. The Labute approximate surface area is 183 Å². The zero-order chi connectivity index (χ0) is 21.6. The van der Waals surface area contributed by atoms with Crippen molar-refractivity contribution in [3.63, 3.8) is 0 Å². The maximum absolute atomic E-state index is 11.3. The van der Waals surface area contributed by atoms with Gasteiger partial charge < -0.3 is 15.7 Å². The molecule has 0 spiro atoms.